The molecule has 2 aliphatic carbocycles. The summed E-state index contributed by atoms with van der Waals surface area (Å²) < 4.78 is 25.2. The highest BCUT2D eigenvalue weighted by Crippen LogP contribution is 2.65. The Balaban J connectivity index is 1.40. The Kier molecular flexibility index (Phi) is 7.55. The molecule has 6 atom stereocenters. The molecule has 2 heterocycles. The van der Waals surface area contributed by atoms with Crippen LogP contribution in [0.4, 0.5) is 15.8 Å². The molecule has 0 radical (unpaired) electrons. The zero-order chi connectivity index (χ0) is 35.1. The van der Waals surface area contributed by atoms with E-state index in [-0.39, 0.29) is 57.6 Å². The molecule has 4 amide bonds. The molecule has 252 valence electrons. The van der Waals surface area contributed by atoms with Gasteiger partial charge in [-0.2, -0.15) is 0 Å². The lowest BCUT2D eigenvalue weighted by Crippen LogP contribution is -2.49. The number of ether oxygens (including phenoxy) is 2. The first-order valence-electron chi connectivity index (χ1n) is 15.5. The Bertz CT molecular complexity index is 2030. The maximum Gasteiger partial charge on any atom is 0.335 e. The van der Waals surface area contributed by atoms with E-state index in [9.17, 15) is 38.6 Å². The van der Waals surface area contributed by atoms with Crippen LogP contribution in [-0.4, -0.2) is 54.0 Å². The van der Waals surface area contributed by atoms with Gasteiger partial charge in [-0.05, 0) is 62.1 Å². The van der Waals surface area contributed by atoms with Crippen molar-refractivity contribution in [1.29, 1.82) is 0 Å². The van der Waals surface area contributed by atoms with E-state index in [1.54, 1.807) is 19.1 Å². The molecule has 3 fully saturated rings. The number of hydrogen-bond acceptors (Lipinski definition) is 8. The Morgan fingerprint density at radius 1 is 0.939 bits per heavy atom. The van der Waals surface area contributed by atoms with Gasteiger partial charge in [0.1, 0.15) is 23.1 Å². The number of carbonyl (C=O) groups excluding carboxylic acids is 4. The Morgan fingerprint density at radius 2 is 1.67 bits per heavy atom. The van der Waals surface area contributed by atoms with E-state index in [4.69, 9.17) is 21.1 Å². The third-order valence-electron chi connectivity index (χ3n) is 10.6. The summed E-state index contributed by atoms with van der Waals surface area (Å²) in [7, 11) is 2.80. The minimum absolute atomic E-state index is 0.0112. The summed E-state index contributed by atoms with van der Waals surface area (Å²) in [6, 6.07) is 12.0. The van der Waals surface area contributed by atoms with Gasteiger partial charge in [-0.25, -0.2) is 14.1 Å². The van der Waals surface area contributed by atoms with Gasteiger partial charge in [0.15, 0.2) is 0 Å². The van der Waals surface area contributed by atoms with Gasteiger partial charge in [-0.3, -0.25) is 24.1 Å². The Labute approximate surface area is 284 Å². The van der Waals surface area contributed by atoms with Gasteiger partial charge in [0.2, 0.25) is 23.6 Å². The number of methoxy groups -OCH3 is 2. The molecule has 4 aliphatic rings. The number of carbonyl (C=O) groups is 5. The summed E-state index contributed by atoms with van der Waals surface area (Å²) in [5.74, 6) is -8.60. The highest BCUT2D eigenvalue weighted by Gasteiger charge is 2.68. The highest BCUT2D eigenvalue weighted by molar-refractivity contribution is 6.32. The van der Waals surface area contributed by atoms with Crippen molar-refractivity contribution in [3.05, 3.63) is 88.2 Å². The van der Waals surface area contributed by atoms with Gasteiger partial charge in [0, 0.05) is 23.6 Å². The van der Waals surface area contributed by atoms with E-state index < -0.39 is 70.4 Å². The van der Waals surface area contributed by atoms with Crippen LogP contribution in [0.3, 0.4) is 0 Å². The third kappa shape index (κ3) is 4.57. The lowest BCUT2D eigenvalue weighted by Gasteiger charge is -2.49. The predicted molar refractivity (Wildman–Crippen MR) is 173 cm³/mol. The molecule has 0 unspecified atom stereocenters. The normalized spacial score (nSPS) is 27.4. The van der Waals surface area contributed by atoms with Gasteiger partial charge >= 0.3 is 5.97 Å². The fourth-order valence-electron chi connectivity index (χ4n) is 8.39. The number of fused-ring (bicyclic) bond motifs is 4. The van der Waals surface area contributed by atoms with Crippen LogP contribution in [0.5, 0.6) is 17.2 Å². The molecule has 1 saturated carbocycles. The Morgan fingerprint density at radius 3 is 2.35 bits per heavy atom. The molecule has 49 heavy (non-hydrogen) atoms. The number of nitrogens with zero attached hydrogens (tertiary/aromatic N) is 2. The Hall–Kier alpha value is -5.23. The molecule has 3 aromatic rings. The van der Waals surface area contributed by atoms with E-state index in [1.807, 2.05) is 0 Å². The average molecular weight is 689 g/mol. The molecule has 0 aromatic heterocycles. The van der Waals surface area contributed by atoms with E-state index in [0.717, 1.165) is 15.9 Å². The van der Waals surface area contributed by atoms with Crippen molar-refractivity contribution in [3.8, 4) is 17.2 Å². The standard InChI is InChI=1S/C36H30ClFN2O9/c1-36-23(32(43)40(35(36)47)18-7-10-25(38)24(37)12-18)15-22-20(30(36)29-26(41)13-19(48-2)14-27(29)49-3)8-9-21-28(22)33(44)39(31(21)42)17-6-4-5-16(11-17)34(45)46/h4-8,10-14,21-23,28,30,41H,9,15H2,1-3H3,(H,45,46)/t21-,22+,23-,28-,30+,36+/m0/s1. The smallest absolute Gasteiger partial charge is 0.335 e. The number of anilines is 2. The van der Waals surface area contributed by atoms with Gasteiger partial charge in [-0.15, -0.1) is 0 Å². The van der Waals surface area contributed by atoms with Crippen LogP contribution in [0.2, 0.25) is 5.02 Å². The topological polar surface area (TPSA) is 151 Å². The van der Waals surface area contributed by atoms with Crippen molar-refractivity contribution in [2.45, 2.75) is 25.7 Å². The van der Waals surface area contributed by atoms with Gasteiger partial charge in [0.25, 0.3) is 0 Å². The number of benzene rings is 3. The van der Waals surface area contributed by atoms with Gasteiger partial charge in [0.05, 0.1) is 59.3 Å². The molecule has 0 bridgehead atoms. The summed E-state index contributed by atoms with van der Waals surface area (Å²) >= 11 is 6.07. The van der Waals surface area contributed by atoms with Crippen LogP contribution in [0, 0.1) is 34.9 Å². The van der Waals surface area contributed by atoms with E-state index in [0.29, 0.717) is 5.57 Å². The number of aromatic hydroxyl groups is 1. The second-order valence-electron chi connectivity index (χ2n) is 12.9. The molecule has 2 saturated heterocycles. The van der Waals surface area contributed by atoms with E-state index in [2.05, 4.69) is 0 Å². The second kappa shape index (κ2) is 11.4. The number of phenols is 1. The molecular formula is C36H30ClFN2O9. The number of phenolic OH excluding ortho intramolecular Hbond substituents is 1. The van der Waals surface area contributed by atoms with Crippen molar-refractivity contribution < 1.29 is 48.0 Å². The van der Waals surface area contributed by atoms with Crippen molar-refractivity contribution in [2.24, 2.45) is 29.1 Å². The zero-order valence-corrected chi connectivity index (χ0v) is 27.2. The maximum absolute atomic E-state index is 14.6. The number of halogens is 2. The van der Waals surface area contributed by atoms with Crippen LogP contribution < -0.4 is 19.3 Å². The number of amides is 4. The summed E-state index contributed by atoms with van der Waals surface area (Å²) in [5.41, 5.74) is -0.668. The van der Waals surface area contributed by atoms with E-state index >= 15 is 0 Å². The van der Waals surface area contributed by atoms with Crippen LogP contribution >= 0.6 is 11.6 Å². The van der Waals surface area contributed by atoms with Crippen LogP contribution in [0.1, 0.15) is 41.6 Å². The van der Waals surface area contributed by atoms with Crippen molar-refractivity contribution >= 4 is 52.6 Å². The molecule has 11 nitrogen and oxygen atoms in total. The lowest BCUT2D eigenvalue weighted by atomic mass is 9.51. The predicted octanol–water partition coefficient (Wildman–Crippen LogP) is 5.34. The number of carboxylic acid groups (broad SMARTS) is 1. The second-order valence-corrected chi connectivity index (χ2v) is 13.3. The largest absolute Gasteiger partial charge is 0.507 e. The fourth-order valence-corrected chi connectivity index (χ4v) is 8.57. The third-order valence-corrected chi connectivity index (χ3v) is 10.9. The number of rotatable bonds is 6. The lowest BCUT2D eigenvalue weighted by molar-refractivity contribution is -0.131. The molecule has 0 spiro atoms. The number of allylic oxidation sites excluding steroid dienone is 2. The highest BCUT2D eigenvalue weighted by atomic mass is 35.5. The number of imide groups is 2. The van der Waals surface area contributed by atoms with Crippen molar-refractivity contribution in [3.63, 3.8) is 0 Å². The average Bonchev–Trinajstić information content (AvgIpc) is 3.45. The van der Waals surface area contributed by atoms with Gasteiger partial charge < -0.3 is 19.7 Å². The molecule has 13 heteroatoms. The van der Waals surface area contributed by atoms with Crippen LogP contribution in [-0.2, 0) is 19.2 Å². The maximum atomic E-state index is 14.6. The van der Waals surface area contributed by atoms with Crippen molar-refractivity contribution in [2.75, 3.05) is 24.0 Å². The van der Waals surface area contributed by atoms with E-state index in [1.165, 1.54) is 56.7 Å². The quantitative estimate of drug-likeness (QED) is 0.259. The zero-order valence-electron chi connectivity index (χ0n) is 26.5. The minimum atomic E-state index is -1.53. The summed E-state index contributed by atoms with van der Waals surface area (Å²) in [6.07, 6.45) is 1.93. The first kappa shape index (κ1) is 32.3. The SMILES string of the molecule is COc1cc(O)c([C@H]2C3=CC[C@@H]4C(=O)N(c5cccc(C(=O)O)c5)C(=O)[C@@H]4[C@@H]3C[C@H]3C(=O)N(c4ccc(F)c(Cl)c4)C(=O)[C@@]23C)c(OC)c1. The van der Waals surface area contributed by atoms with Crippen molar-refractivity contribution in [1.82, 2.24) is 0 Å². The minimum Gasteiger partial charge on any atom is -0.507 e. The van der Waals surface area contributed by atoms with Crippen LogP contribution in [0.25, 0.3) is 0 Å². The fraction of sp³-hybridized carbons (Fsp3) is 0.306. The molecule has 3 aromatic carbocycles. The van der Waals surface area contributed by atoms with Crippen LogP contribution in [0.15, 0.2) is 66.2 Å². The molecule has 2 N–H and O–H groups in total. The summed E-state index contributed by atoms with van der Waals surface area (Å²) in [4.78, 5) is 70.9. The molecular weight excluding hydrogens is 659 g/mol. The molecule has 2 aliphatic heterocycles. The first-order chi connectivity index (χ1) is 23.3. The molecule has 7 rings (SSSR count). The summed E-state index contributed by atoms with van der Waals surface area (Å²) in [5, 5.41) is 20.8. The number of hydrogen-bond donors (Lipinski definition) is 2. The monoisotopic (exact) mass is 688 g/mol. The first-order valence-corrected chi connectivity index (χ1v) is 15.9. The number of carboxylic acids is 1. The van der Waals surface area contributed by atoms with Gasteiger partial charge in [-0.1, -0.05) is 29.3 Å². The number of aromatic carboxylic acids is 1. The summed E-state index contributed by atoms with van der Waals surface area (Å²) in [6.45, 7) is 1.63.